The monoisotopic (exact) mass is 262 g/mol. The number of primary amides is 1. The molecule has 3 heteroatoms. The molecule has 11 heavy (non-hydrogen) atoms. The minimum absolute atomic E-state index is 0.125. The fraction of sp³-hybridized carbons (Fsp3) is 0.125. The Hall–Kier alpha value is -0.580. The van der Waals surface area contributed by atoms with Crippen molar-refractivity contribution in [2.24, 2.45) is 5.73 Å². The molecule has 0 fully saturated rings. The van der Waals surface area contributed by atoms with Crippen LogP contribution in [0.1, 0.15) is 10.4 Å². The van der Waals surface area contributed by atoms with E-state index in [1.165, 1.54) is 3.57 Å². The van der Waals surface area contributed by atoms with E-state index in [-0.39, 0.29) is 27.1 Å². The Morgan fingerprint density at radius 2 is 1.91 bits per heavy atom. The summed E-state index contributed by atoms with van der Waals surface area (Å²) in [6, 6.07) is 7.49. The van der Waals surface area contributed by atoms with Crippen LogP contribution < -0.4 is 26.9 Å². The number of amides is 1. The second-order valence-electron chi connectivity index (χ2n) is 2.06. The Morgan fingerprint density at radius 3 is 2.27 bits per heavy atom. The first kappa shape index (κ1) is 8.52. The predicted molar refractivity (Wildman–Crippen MR) is 39.6 cm³/mol. The Balaban J connectivity index is 2.91. The van der Waals surface area contributed by atoms with Gasteiger partial charge in [0.2, 0.25) is 0 Å². The first-order valence-corrected chi connectivity index (χ1v) is 6.37. The predicted octanol–water partition coefficient (Wildman–Crippen LogP) is -2.33. The van der Waals surface area contributed by atoms with Gasteiger partial charge in [-0.3, -0.25) is 0 Å². The quantitative estimate of drug-likeness (QED) is 0.471. The minimum atomic E-state index is -0.356. The normalized spacial score (nSPS) is 9.91. The summed E-state index contributed by atoms with van der Waals surface area (Å²) >= 11 is 0.125. The number of halogens is 1. The van der Waals surface area contributed by atoms with Gasteiger partial charge in [-0.2, -0.15) is 0 Å². The molecular formula is C8H9INO-. The molecule has 0 saturated carbocycles. The van der Waals surface area contributed by atoms with E-state index < -0.39 is 0 Å². The van der Waals surface area contributed by atoms with Gasteiger partial charge in [0.1, 0.15) is 0 Å². The SMILES string of the molecule is C[I-]c1ccc(C(N)=O)cc1. The molecule has 1 aromatic rings. The summed E-state index contributed by atoms with van der Waals surface area (Å²) in [5.74, 6) is -0.356. The van der Waals surface area contributed by atoms with Gasteiger partial charge in [0.25, 0.3) is 0 Å². The van der Waals surface area contributed by atoms with Gasteiger partial charge in [-0.15, -0.1) is 0 Å². The zero-order valence-corrected chi connectivity index (χ0v) is 8.33. The molecule has 0 aliphatic rings. The van der Waals surface area contributed by atoms with Crippen molar-refractivity contribution < 1.29 is 26.0 Å². The first-order valence-electron chi connectivity index (χ1n) is 3.13. The maximum absolute atomic E-state index is 10.6. The van der Waals surface area contributed by atoms with Crippen molar-refractivity contribution in [2.45, 2.75) is 0 Å². The van der Waals surface area contributed by atoms with E-state index >= 15 is 0 Å². The van der Waals surface area contributed by atoms with Crippen LogP contribution in [0.2, 0.25) is 0 Å². The average Bonchev–Trinajstić information content (AvgIpc) is 2.05. The van der Waals surface area contributed by atoms with Crippen LogP contribution >= 0.6 is 0 Å². The fourth-order valence-electron chi connectivity index (χ4n) is 0.740. The molecule has 0 bridgehead atoms. The molecule has 1 rings (SSSR count). The van der Waals surface area contributed by atoms with Crippen molar-refractivity contribution in [3.63, 3.8) is 0 Å². The molecule has 2 N–H and O–H groups in total. The number of hydrogen-bond donors (Lipinski definition) is 1. The molecule has 0 aliphatic heterocycles. The van der Waals surface area contributed by atoms with Crippen molar-refractivity contribution in [1.29, 1.82) is 0 Å². The van der Waals surface area contributed by atoms with Gasteiger partial charge in [0.15, 0.2) is 0 Å². The van der Waals surface area contributed by atoms with Gasteiger partial charge in [0.05, 0.1) is 0 Å². The number of rotatable bonds is 2. The molecule has 1 amide bonds. The van der Waals surface area contributed by atoms with Crippen LogP contribution in [0.25, 0.3) is 0 Å². The number of hydrogen-bond acceptors (Lipinski definition) is 1. The third-order valence-corrected chi connectivity index (χ3v) is 3.31. The summed E-state index contributed by atoms with van der Waals surface area (Å²) in [7, 11) is 0. The molecule has 0 saturated heterocycles. The molecule has 60 valence electrons. The van der Waals surface area contributed by atoms with Crippen LogP contribution in [-0.2, 0) is 0 Å². The van der Waals surface area contributed by atoms with Gasteiger partial charge in [0, 0.05) is 0 Å². The molecule has 0 heterocycles. The maximum atomic E-state index is 10.6. The van der Waals surface area contributed by atoms with E-state index in [9.17, 15) is 4.79 Å². The Kier molecular flexibility index (Phi) is 2.87. The second kappa shape index (κ2) is 3.71. The summed E-state index contributed by atoms with van der Waals surface area (Å²) in [5, 5.41) is 0. The third-order valence-electron chi connectivity index (χ3n) is 1.35. The van der Waals surface area contributed by atoms with Crippen LogP contribution in [0.3, 0.4) is 0 Å². The number of benzene rings is 1. The second-order valence-corrected chi connectivity index (χ2v) is 4.38. The Morgan fingerprint density at radius 1 is 1.36 bits per heavy atom. The zero-order chi connectivity index (χ0) is 8.27. The van der Waals surface area contributed by atoms with Crippen LogP contribution in [0.15, 0.2) is 24.3 Å². The fourth-order valence-corrected chi connectivity index (χ4v) is 1.82. The van der Waals surface area contributed by atoms with Gasteiger partial charge in [-0.1, -0.05) is 0 Å². The summed E-state index contributed by atoms with van der Waals surface area (Å²) < 4.78 is 1.33. The number of nitrogens with two attached hydrogens (primary N) is 1. The van der Waals surface area contributed by atoms with E-state index in [1.54, 1.807) is 12.1 Å². The number of alkyl halides is 1. The van der Waals surface area contributed by atoms with E-state index in [1.807, 2.05) is 12.1 Å². The molecule has 0 radical (unpaired) electrons. The van der Waals surface area contributed by atoms with Crippen molar-refractivity contribution in [3.8, 4) is 0 Å². The molecule has 1 aromatic carbocycles. The molecule has 0 spiro atoms. The average molecular weight is 262 g/mol. The van der Waals surface area contributed by atoms with E-state index in [0.717, 1.165) is 0 Å². The van der Waals surface area contributed by atoms with Crippen LogP contribution in [-0.4, -0.2) is 10.8 Å². The van der Waals surface area contributed by atoms with Gasteiger partial charge in [-0.05, 0) is 0 Å². The molecule has 0 aromatic heterocycles. The van der Waals surface area contributed by atoms with Gasteiger partial charge >= 0.3 is 76.0 Å². The van der Waals surface area contributed by atoms with Crippen LogP contribution in [0.5, 0.6) is 0 Å². The molecule has 0 atom stereocenters. The van der Waals surface area contributed by atoms with Crippen LogP contribution in [0, 0.1) is 3.57 Å². The standard InChI is InChI=1S/C8H9INO/c1-9-7-4-2-6(3-5-7)8(10)11/h2-5H,1H3,(H2,10,11)/q-1. The van der Waals surface area contributed by atoms with E-state index in [4.69, 9.17) is 5.73 Å². The van der Waals surface area contributed by atoms with Crippen molar-refractivity contribution >= 4 is 5.91 Å². The van der Waals surface area contributed by atoms with E-state index in [2.05, 4.69) is 4.93 Å². The molecule has 0 unspecified atom stereocenters. The van der Waals surface area contributed by atoms with Crippen LogP contribution in [0.4, 0.5) is 0 Å². The number of carbonyl (C=O) groups is 1. The summed E-state index contributed by atoms with van der Waals surface area (Å²) in [6.45, 7) is 0. The first-order chi connectivity index (χ1) is 5.24. The van der Waals surface area contributed by atoms with E-state index in [0.29, 0.717) is 5.56 Å². The summed E-state index contributed by atoms with van der Waals surface area (Å²) in [6.07, 6.45) is 0. The third kappa shape index (κ3) is 2.18. The van der Waals surface area contributed by atoms with Crippen molar-refractivity contribution in [1.82, 2.24) is 0 Å². The zero-order valence-electron chi connectivity index (χ0n) is 6.17. The molecule has 2 nitrogen and oxygen atoms in total. The summed E-state index contributed by atoms with van der Waals surface area (Å²) in [4.78, 5) is 12.8. The molecule has 0 aliphatic carbocycles. The van der Waals surface area contributed by atoms with Gasteiger partial charge < -0.3 is 0 Å². The molecular weight excluding hydrogens is 253 g/mol. The van der Waals surface area contributed by atoms with Crippen molar-refractivity contribution in [3.05, 3.63) is 33.4 Å². The van der Waals surface area contributed by atoms with Crippen molar-refractivity contribution in [2.75, 3.05) is 4.93 Å². The Labute approximate surface area is 76.0 Å². The number of carbonyl (C=O) groups excluding carboxylic acids is 1. The summed E-state index contributed by atoms with van der Waals surface area (Å²) in [5.41, 5.74) is 5.66. The Bertz CT molecular complexity index is 255. The van der Waals surface area contributed by atoms with Gasteiger partial charge in [-0.25, -0.2) is 0 Å². The topological polar surface area (TPSA) is 43.1 Å².